The summed E-state index contributed by atoms with van der Waals surface area (Å²) < 4.78 is 36.1. The Hall–Kier alpha value is -3.46. The average Bonchev–Trinajstić information content (AvgIpc) is 2.78. The van der Waals surface area contributed by atoms with Gasteiger partial charge in [0.25, 0.3) is 0 Å². The van der Waals surface area contributed by atoms with E-state index in [0.29, 0.717) is 34.4 Å². The van der Waals surface area contributed by atoms with Gasteiger partial charge in [-0.1, -0.05) is 0 Å². The van der Waals surface area contributed by atoms with Crippen LogP contribution in [0.15, 0.2) is 42.6 Å². The number of hydrazine groups is 1. The van der Waals surface area contributed by atoms with Crippen molar-refractivity contribution in [1.29, 1.82) is 0 Å². The molecule has 10 heteroatoms. The summed E-state index contributed by atoms with van der Waals surface area (Å²) >= 11 is 5.94. The molecule has 1 heterocycles. The molecule has 158 valence electrons. The molecule has 0 saturated heterocycles. The van der Waals surface area contributed by atoms with Gasteiger partial charge >= 0.3 is 0 Å². The first-order valence-corrected chi connectivity index (χ1v) is 9.07. The Balaban J connectivity index is 2.16. The highest BCUT2D eigenvalue weighted by atomic mass is 35.5. The molecule has 0 aliphatic rings. The van der Waals surface area contributed by atoms with Crippen molar-refractivity contribution in [1.82, 2.24) is 9.97 Å². The van der Waals surface area contributed by atoms with Crippen LogP contribution in [0.1, 0.15) is 0 Å². The van der Waals surface area contributed by atoms with Crippen molar-refractivity contribution in [2.45, 2.75) is 0 Å². The lowest BCUT2D eigenvalue weighted by atomic mass is 10.2. The van der Waals surface area contributed by atoms with Gasteiger partial charge < -0.3 is 18.9 Å². The molecule has 1 aromatic heterocycles. The molecular weight excluding hydrogens is 415 g/mol. The molecule has 3 rings (SSSR count). The fourth-order valence-electron chi connectivity index (χ4n) is 2.70. The summed E-state index contributed by atoms with van der Waals surface area (Å²) in [5.74, 6) is 1.23. The van der Waals surface area contributed by atoms with Crippen molar-refractivity contribution >= 4 is 28.8 Å². The van der Waals surface area contributed by atoms with Crippen LogP contribution in [0.2, 0.25) is 5.28 Å². The Kier molecular flexibility index (Phi) is 6.63. The molecule has 0 atom stereocenters. The Morgan fingerprint density at radius 3 is 2.17 bits per heavy atom. The molecule has 0 aliphatic carbocycles. The van der Waals surface area contributed by atoms with Crippen molar-refractivity contribution in [3.05, 3.63) is 53.7 Å². The van der Waals surface area contributed by atoms with E-state index in [2.05, 4.69) is 15.4 Å². The summed E-state index contributed by atoms with van der Waals surface area (Å²) in [6.45, 7) is 0. The summed E-state index contributed by atoms with van der Waals surface area (Å²) in [6.07, 6.45) is 0.987. The molecule has 0 unspecified atom stereocenters. The number of aromatic nitrogens is 2. The maximum Gasteiger partial charge on any atom is 0.224 e. The van der Waals surface area contributed by atoms with Gasteiger partial charge in [0.1, 0.15) is 28.7 Å². The quantitative estimate of drug-likeness (QED) is 0.411. The van der Waals surface area contributed by atoms with E-state index in [1.54, 1.807) is 43.5 Å². The highest BCUT2D eigenvalue weighted by molar-refractivity contribution is 6.28. The van der Waals surface area contributed by atoms with Gasteiger partial charge in [-0.15, -0.1) is 0 Å². The largest absolute Gasteiger partial charge is 0.497 e. The number of ether oxygens (including phenoxy) is 4. The molecule has 0 radical (unpaired) electrons. The van der Waals surface area contributed by atoms with Crippen molar-refractivity contribution in [3.63, 3.8) is 0 Å². The lowest BCUT2D eigenvalue weighted by molar-refractivity contribution is 0.394. The molecule has 0 bridgehead atoms. The first-order valence-electron chi connectivity index (χ1n) is 8.69. The standard InChI is InChI=1S/C20H20ClFN4O4/c1-27-12-5-7-15(17(9-12)29-3)25-26(19-14(22)11-23-20(21)24-19)16-8-6-13(28-2)10-18(16)30-4/h5-11,25H,1-4H3. The summed E-state index contributed by atoms with van der Waals surface area (Å²) in [7, 11) is 6.10. The summed E-state index contributed by atoms with van der Waals surface area (Å²) in [4.78, 5) is 7.72. The van der Waals surface area contributed by atoms with Crippen LogP contribution in [-0.4, -0.2) is 38.4 Å². The van der Waals surface area contributed by atoms with Crippen LogP contribution in [0.25, 0.3) is 0 Å². The fraction of sp³-hybridized carbons (Fsp3) is 0.200. The van der Waals surface area contributed by atoms with E-state index in [9.17, 15) is 4.39 Å². The van der Waals surface area contributed by atoms with Gasteiger partial charge in [0.05, 0.1) is 40.3 Å². The van der Waals surface area contributed by atoms with Crippen LogP contribution in [0.3, 0.4) is 0 Å². The van der Waals surface area contributed by atoms with Crippen molar-refractivity contribution in [2.75, 3.05) is 38.9 Å². The molecular formula is C20H20ClFN4O4. The Morgan fingerprint density at radius 1 is 0.900 bits per heavy atom. The van der Waals surface area contributed by atoms with E-state index in [-0.39, 0.29) is 11.1 Å². The number of halogens is 2. The first kappa shape index (κ1) is 21.3. The maximum atomic E-state index is 14.7. The van der Waals surface area contributed by atoms with Crippen molar-refractivity contribution in [3.8, 4) is 23.0 Å². The fourth-order valence-corrected chi connectivity index (χ4v) is 2.83. The monoisotopic (exact) mass is 434 g/mol. The van der Waals surface area contributed by atoms with Crippen LogP contribution < -0.4 is 29.4 Å². The van der Waals surface area contributed by atoms with Crippen molar-refractivity contribution in [2.24, 2.45) is 0 Å². The van der Waals surface area contributed by atoms with Crippen molar-refractivity contribution < 1.29 is 23.3 Å². The lowest BCUT2D eigenvalue weighted by Gasteiger charge is -2.28. The number of rotatable bonds is 8. The van der Waals surface area contributed by atoms with E-state index >= 15 is 0 Å². The number of nitrogens with zero attached hydrogens (tertiary/aromatic N) is 3. The summed E-state index contributed by atoms with van der Waals surface area (Å²) in [6, 6.07) is 10.2. The first-order chi connectivity index (χ1) is 14.5. The second-order valence-electron chi connectivity index (χ2n) is 5.86. The number of anilines is 3. The van der Waals surface area contributed by atoms with Gasteiger partial charge in [-0.2, -0.15) is 4.98 Å². The van der Waals surface area contributed by atoms with Crippen LogP contribution in [0.4, 0.5) is 21.6 Å². The smallest absolute Gasteiger partial charge is 0.224 e. The van der Waals surface area contributed by atoms with Gasteiger partial charge in [-0.25, -0.2) is 14.4 Å². The molecule has 0 amide bonds. The van der Waals surface area contributed by atoms with Gasteiger partial charge in [0.2, 0.25) is 5.28 Å². The minimum Gasteiger partial charge on any atom is -0.497 e. The molecule has 0 fully saturated rings. The van der Waals surface area contributed by atoms with Crippen LogP contribution in [0, 0.1) is 5.82 Å². The van der Waals surface area contributed by atoms with E-state index in [0.717, 1.165) is 6.20 Å². The second-order valence-corrected chi connectivity index (χ2v) is 6.20. The van der Waals surface area contributed by atoms with Crippen LogP contribution in [0.5, 0.6) is 23.0 Å². The molecule has 3 aromatic rings. The second kappa shape index (κ2) is 9.36. The van der Waals surface area contributed by atoms with Gasteiger partial charge in [-0.3, -0.25) is 5.43 Å². The number of benzene rings is 2. The molecule has 1 N–H and O–H groups in total. The molecule has 0 spiro atoms. The third-order valence-electron chi connectivity index (χ3n) is 4.18. The third kappa shape index (κ3) is 4.41. The number of hydrogen-bond acceptors (Lipinski definition) is 8. The van der Waals surface area contributed by atoms with E-state index in [1.165, 1.54) is 26.3 Å². The predicted molar refractivity (Wildman–Crippen MR) is 112 cm³/mol. The predicted octanol–water partition coefficient (Wildman–Crippen LogP) is 4.47. The van der Waals surface area contributed by atoms with Gasteiger partial charge in [-0.05, 0) is 35.9 Å². The van der Waals surface area contributed by atoms with E-state index in [1.807, 2.05) is 0 Å². The van der Waals surface area contributed by atoms with Gasteiger partial charge in [0.15, 0.2) is 11.6 Å². The Labute approximate surface area is 178 Å². The Morgan fingerprint density at radius 2 is 1.53 bits per heavy atom. The lowest BCUT2D eigenvalue weighted by Crippen LogP contribution is -2.27. The maximum absolute atomic E-state index is 14.7. The molecule has 30 heavy (non-hydrogen) atoms. The van der Waals surface area contributed by atoms with E-state index < -0.39 is 5.82 Å². The van der Waals surface area contributed by atoms with Crippen LogP contribution >= 0.6 is 11.6 Å². The molecule has 0 saturated carbocycles. The zero-order valence-electron chi connectivity index (χ0n) is 16.8. The summed E-state index contributed by atoms with van der Waals surface area (Å²) in [5.41, 5.74) is 4.07. The molecule has 2 aromatic carbocycles. The van der Waals surface area contributed by atoms with Gasteiger partial charge in [0, 0.05) is 12.1 Å². The zero-order chi connectivity index (χ0) is 21.7. The highest BCUT2D eigenvalue weighted by Crippen LogP contribution is 2.39. The topological polar surface area (TPSA) is 78.0 Å². The Bertz CT molecular complexity index is 1040. The minimum atomic E-state index is -0.697. The highest BCUT2D eigenvalue weighted by Gasteiger charge is 2.22. The number of methoxy groups -OCH3 is 4. The van der Waals surface area contributed by atoms with Crippen LogP contribution in [-0.2, 0) is 0 Å². The SMILES string of the molecule is COc1ccc(NN(c2ccc(OC)cc2OC)c2nc(Cl)ncc2F)c(OC)c1. The zero-order valence-corrected chi connectivity index (χ0v) is 17.5. The van der Waals surface area contributed by atoms with E-state index in [4.69, 9.17) is 30.5 Å². The number of nitrogens with one attached hydrogen (secondary N) is 1. The third-order valence-corrected chi connectivity index (χ3v) is 4.36. The number of hydrogen-bond donors (Lipinski definition) is 1. The normalized spacial score (nSPS) is 10.3. The summed E-state index contributed by atoms with van der Waals surface area (Å²) in [5, 5.41) is 1.26. The average molecular weight is 435 g/mol. The molecule has 0 aliphatic heterocycles. The molecule has 8 nitrogen and oxygen atoms in total. The minimum absolute atomic E-state index is 0.115.